The maximum atomic E-state index is 6.51. The lowest BCUT2D eigenvalue weighted by Crippen LogP contribution is -2.06. The van der Waals surface area contributed by atoms with E-state index in [0.29, 0.717) is 5.92 Å². The molecule has 0 spiro atoms. The molecule has 19 heavy (non-hydrogen) atoms. The quantitative estimate of drug-likeness (QED) is 0.553. The highest BCUT2D eigenvalue weighted by Gasteiger charge is 2.24. The van der Waals surface area contributed by atoms with E-state index in [2.05, 4.69) is 19.1 Å². The number of aryl methyl sites for hydroxylation is 1. The van der Waals surface area contributed by atoms with E-state index in [1.54, 1.807) is 5.56 Å². The number of halogens is 1. The number of hydrogen-bond acceptors (Lipinski definition) is 0. The Balaban J connectivity index is 0.000000637. The zero-order valence-corrected chi connectivity index (χ0v) is 13.4. The Kier molecular flexibility index (Phi) is 5.33. The summed E-state index contributed by atoms with van der Waals surface area (Å²) in [6, 6.07) is 4.69. The van der Waals surface area contributed by atoms with Crippen molar-refractivity contribution in [2.75, 3.05) is 0 Å². The predicted molar refractivity (Wildman–Crippen MR) is 85.4 cm³/mol. The molecule has 0 nitrogen and oxygen atoms in total. The van der Waals surface area contributed by atoms with Gasteiger partial charge in [-0.05, 0) is 60.3 Å². The molecule has 1 heteroatoms. The first kappa shape index (κ1) is 14.9. The van der Waals surface area contributed by atoms with Crippen molar-refractivity contribution in [2.45, 2.75) is 77.6 Å². The third-order valence-electron chi connectivity index (χ3n) is 4.68. The Morgan fingerprint density at radius 1 is 0.947 bits per heavy atom. The standard InChI is InChI=1S/C16H21Cl.C2H6/c1-11-7-8-13-9-15(16(17)10-14(11)13)12-5-3-2-4-6-12;1-2/h9-12H,2-8H2,1H3;1-2H3. The van der Waals surface area contributed by atoms with E-state index in [4.69, 9.17) is 11.6 Å². The van der Waals surface area contributed by atoms with Crippen LogP contribution in [0.15, 0.2) is 12.1 Å². The van der Waals surface area contributed by atoms with Gasteiger partial charge in [0.1, 0.15) is 0 Å². The van der Waals surface area contributed by atoms with E-state index >= 15 is 0 Å². The maximum Gasteiger partial charge on any atom is 0.0443 e. The molecule has 0 saturated heterocycles. The van der Waals surface area contributed by atoms with Crippen molar-refractivity contribution < 1.29 is 0 Å². The van der Waals surface area contributed by atoms with Gasteiger partial charge in [0.05, 0.1) is 0 Å². The number of hydrogen-bond donors (Lipinski definition) is 0. The van der Waals surface area contributed by atoms with Gasteiger partial charge in [-0.15, -0.1) is 0 Å². The first-order valence-corrected chi connectivity index (χ1v) is 8.45. The summed E-state index contributed by atoms with van der Waals surface area (Å²) in [5.74, 6) is 1.44. The average Bonchev–Trinajstić information content (AvgIpc) is 2.82. The summed E-state index contributed by atoms with van der Waals surface area (Å²) >= 11 is 6.51. The van der Waals surface area contributed by atoms with Crippen LogP contribution in [0.3, 0.4) is 0 Å². The van der Waals surface area contributed by atoms with Gasteiger partial charge in [-0.1, -0.05) is 57.7 Å². The Bertz CT molecular complexity index is 416. The van der Waals surface area contributed by atoms with Crippen LogP contribution in [0.1, 0.15) is 87.8 Å². The fourth-order valence-corrected chi connectivity index (χ4v) is 3.91. The van der Waals surface area contributed by atoms with Crippen LogP contribution in [0.25, 0.3) is 0 Å². The summed E-state index contributed by atoms with van der Waals surface area (Å²) in [6.07, 6.45) is 9.42. The number of rotatable bonds is 1. The molecule has 1 aromatic rings. The van der Waals surface area contributed by atoms with Crippen molar-refractivity contribution in [2.24, 2.45) is 0 Å². The molecule has 0 amide bonds. The minimum atomic E-state index is 0.711. The molecule has 2 aliphatic carbocycles. The molecule has 0 N–H and O–H groups in total. The first-order chi connectivity index (χ1) is 9.25. The van der Waals surface area contributed by atoms with Crippen molar-refractivity contribution in [1.29, 1.82) is 0 Å². The molecule has 0 aliphatic heterocycles. The molecule has 0 aromatic heterocycles. The van der Waals surface area contributed by atoms with E-state index in [9.17, 15) is 0 Å². The van der Waals surface area contributed by atoms with E-state index in [1.165, 1.54) is 56.1 Å². The minimum absolute atomic E-state index is 0.711. The molecule has 1 aromatic carbocycles. The van der Waals surface area contributed by atoms with Crippen molar-refractivity contribution in [1.82, 2.24) is 0 Å². The normalized spacial score (nSPS) is 22.6. The Morgan fingerprint density at radius 3 is 2.32 bits per heavy atom. The second-order valence-electron chi connectivity index (χ2n) is 5.85. The molecule has 1 unspecified atom stereocenters. The van der Waals surface area contributed by atoms with Crippen molar-refractivity contribution in [3.63, 3.8) is 0 Å². The van der Waals surface area contributed by atoms with Gasteiger partial charge in [0.25, 0.3) is 0 Å². The maximum absolute atomic E-state index is 6.51. The lowest BCUT2D eigenvalue weighted by molar-refractivity contribution is 0.443. The largest absolute Gasteiger partial charge is 0.0840 e. The predicted octanol–water partition coefficient (Wildman–Crippen LogP) is 6.46. The van der Waals surface area contributed by atoms with Gasteiger partial charge in [0.15, 0.2) is 0 Å². The monoisotopic (exact) mass is 278 g/mol. The van der Waals surface area contributed by atoms with Crippen molar-refractivity contribution in [3.05, 3.63) is 33.8 Å². The molecule has 0 heterocycles. The summed E-state index contributed by atoms with van der Waals surface area (Å²) in [6.45, 7) is 6.32. The topological polar surface area (TPSA) is 0 Å². The van der Waals surface area contributed by atoms with Gasteiger partial charge in [-0.2, -0.15) is 0 Å². The van der Waals surface area contributed by atoms with E-state index in [1.807, 2.05) is 13.8 Å². The highest BCUT2D eigenvalue weighted by Crippen LogP contribution is 2.41. The highest BCUT2D eigenvalue weighted by molar-refractivity contribution is 6.31. The zero-order chi connectivity index (χ0) is 13.8. The Labute approximate surface area is 123 Å². The molecule has 1 fully saturated rings. The summed E-state index contributed by atoms with van der Waals surface area (Å²) in [5.41, 5.74) is 4.52. The van der Waals surface area contributed by atoms with Gasteiger partial charge in [-0.3, -0.25) is 0 Å². The smallest absolute Gasteiger partial charge is 0.0443 e. The number of fused-ring (bicyclic) bond motifs is 1. The molecule has 106 valence electrons. The lowest BCUT2D eigenvalue weighted by atomic mass is 9.83. The fourth-order valence-electron chi connectivity index (χ4n) is 3.58. The Morgan fingerprint density at radius 2 is 1.63 bits per heavy atom. The van der Waals surface area contributed by atoms with Gasteiger partial charge in [-0.25, -0.2) is 0 Å². The SMILES string of the molecule is CC.CC1CCc2cc(C3CCCCC3)c(Cl)cc21. The molecule has 1 saturated carbocycles. The van der Waals surface area contributed by atoms with Crippen LogP contribution >= 0.6 is 11.6 Å². The van der Waals surface area contributed by atoms with Gasteiger partial charge >= 0.3 is 0 Å². The molecular formula is C18H27Cl. The van der Waals surface area contributed by atoms with Crippen LogP contribution < -0.4 is 0 Å². The third kappa shape index (κ3) is 3.16. The lowest BCUT2D eigenvalue weighted by Gasteiger charge is -2.24. The average molecular weight is 279 g/mol. The zero-order valence-electron chi connectivity index (χ0n) is 12.6. The highest BCUT2D eigenvalue weighted by atomic mass is 35.5. The Hall–Kier alpha value is -0.490. The van der Waals surface area contributed by atoms with Crippen molar-refractivity contribution in [3.8, 4) is 0 Å². The fraction of sp³-hybridized carbons (Fsp3) is 0.667. The van der Waals surface area contributed by atoms with Crippen LogP contribution in [0.4, 0.5) is 0 Å². The van der Waals surface area contributed by atoms with Gasteiger partial charge in [0.2, 0.25) is 0 Å². The van der Waals surface area contributed by atoms with E-state index < -0.39 is 0 Å². The summed E-state index contributed by atoms with van der Waals surface area (Å²) in [5, 5.41) is 1.03. The molecule has 3 rings (SSSR count). The van der Waals surface area contributed by atoms with Gasteiger partial charge < -0.3 is 0 Å². The third-order valence-corrected chi connectivity index (χ3v) is 5.01. The van der Waals surface area contributed by atoms with E-state index in [0.717, 1.165) is 10.9 Å². The first-order valence-electron chi connectivity index (χ1n) is 8.08. The van der Waals surface area contributed by atoms with E-state index in [-0.39, 0.29) is 0 Å². The molecule has 0 bridgehead atoms. The summed E-state index contributed by atoms with van der Waals surface area (Å²) in [7, 11) is 0. The molecule has 0 radical (unpaired) electrons. The van der Waals surface area contributed by atoms with Crippen LogP contribution in [-0.4, -0.2) is 0 Å². The second-order valence-corrected chi connectivity index (χ2v) is 6.25. The minimum Gasteiger partial charge on any atom is -0.0840 e. The van der Waals surface area contributed by atoms with Crippen LogP contribution in [0.2, 0.25) is 5.02 Å². The second kappa shape index (κ2) is 6.79. The summed E-state index contributed by atoms with van der Waals surface area (Å²) < 4.78 is 0. The van der Waals surface area contributed by atoms with Crippen LogP contribution in [0.5, 0.6) is 0 Å². The number of benzene rings is 1. The van der Waals surface area contributed by atoms with Crippen LogP contribution in [0, 0.1) is 0 Å². The van der Waals surface area contributed by atoms with Gasteiger partial charge in [0, 0.05) is 5.02 Å². The van der Waals surface area contributed by atoms with Crippen LogP contribution in [-0.2, 0) is 6.42 Å². The molecule has 1 atom stereocenters. The molecular weight excluding hydrogens is 252 g/mol. The van der Waals surface area contributed by atoms with Crippen molar-refractivity contribution >= 4 is 11.6 Å². The molecule has 2 aliphatic rings. The summed E-state index contributed by atoms with van der Waals surface area (Å²) in [4.78, 5) is 0.